The Kier molecular flexibility index (Phi) is 17.1. The van der Waals surface area contributed by atoms with Crippen LogP contribution in [0.15, 0.2) is 66.0 Å². The molecule has 0 fully saturated rings. The molecule has 0 aliphatic carbocycles. The van der Waals surface area contributed by atoms with Gasteiger partial charge in [-0.25, -0.2) is 5.84 Å². The van der Waals surface area contributed by atoms with Gasteiger partial charge in [-0.15, -0.1) is 12.8 Å². The second-order valence-electron chi connectivity index (χ2n) is 11.1. The standard InChI is InChI=1S/C28H41N5O2S.C4H5F3.C2H2/c1-9-10-11-18(2)22(29)17-33(30)25-14-20(13-12-19(25)3)27(34)31-23-15-21(28(4,5)6)16-24(32-36-8)26(23)35-7;1-3(2)4(5,6)7;1-2/h11-17,32H,9-10,29-30H2,1-8H3,(H,31,34);1H2,2H3;1-2H/b18-11+,22-17-;;. The first kappa shape index (κ1) is 41.0. The normalized spacial score (nSPS) is 11.7. The SMILES string of the molecule is C#C.C=C(C)C(F)(F)F.CCC/C=C(C)/C(N)=C/N(N)c1cc(C(=O)Nc2cc(C(C)(C)C)cc(NSC)c2OC)ccc1C. The summed E-state index contributed by atoms with van der Waals surface area (Å²) in [5.74, 6) is 6.65. The Morgan fingerprint density at radius 3 is 2.16 bits per heavy atom. The third kappa shape index (κ3) is 13.3. The topological polar surface area (TPSA) is 106 Å². The van der Waals surface area contributed by atoms with Gasteiger partial charge < -0.3 is 20.5 Å². The van der Waals surface area contributed by atoms with Gasteiger partial charge in [0.1, 0.15) is 0 Å². The average Bonchev–Trinajstić information content (AvgIpc) is 2.96. The fourth-order valence-corrected chi connectivity index (χ4v) is 3.96. The van der Waals surface area contributed by atoms with E-state index >= 15 is 0 Å². The Labute approximate surface area is 271 Å². The number of methoxy groups -OCH3 is 1. The number of hydrazine groups is 1. The summed E-state index contributed by atoms with van der Waals surface area (Å²) in [5.41, 5.74) is 11.5. The van der Waals surface area contributed by atoms with Crippen molar-refractivity contribution in [2.24, 2.45) is 11.6 Å². The number of nitrogens with one attached hydrogen (secondary N) is 2. The Morgan fingerprint density at radius 2 is 1.69 bits per heavy atom. The van der Waals surface area contributed by atoms with Gasteiger partial charge in [0.15, 0.2) is 5.75 Å². The lowest BCUT2D eigenvalue weighted by Crippen LogP contribution is -2.27. The van der Waals surface area contributed by atoms with Crippen LogP contribution in [0.2, 0.25) is 0 Å². The number of amides is 1. The van der Waals surface area contributed by atoms with Crippen LogP contribution in [0, 0.1) is 19.8 Å². The minimum Gasteiger partial charge on any atom is -0.492 e. The molecule has 0 saturated carbocycles. The molecule has 2 aromatic rings. The maximum Gasteiger partial charge on any atom is 0.411 e. The highest BCUT2D eigenvalue weighted by atomic mass is 32.2. The first-order chi connectivity index (χ1) is 20.9. The van der Waals surface area contributed by atoms with E-state index in [2.05, 4.69) is 69.3 Å². The summed E-state index contributed by atoms with van der Waals surface area (Å²) in [7, 11) is 1.59. The molecule has 11 heteroatoms. The molecule has 2 aromatic carbocycles. The van der Waals surface area contributed by atoms with E-state index in [1.807, 2.05) is 32.2 Å². The molecule has 45 heavy (non-hydrogen) atoms. The minimum atomic E-state index is -4.19. The summed E-state index contributed by atoms with van der Waals surface area (Å²) in [5, 5.41) is 4.50. The van der Waals surface area contributed by atoms with Crippen LogP contribution in [0.1, 0.15) is 75.9 Å². The highest BCUT2D eigenvalue weighted by Gasteiger charge is 2.27. The lowest BCUT2D eigenvalue weighted by atomic mass is 9.86. The predicted molar refractivity (Wildman–Crippen MR) is 186 cm³/mol. The second kappa shape index (κ2) is 18.7. The Hall–Kier alpha value is -4.01. The zero-order valence-electron chi connectivity index (χ0n) is 27.8. The molecule has 2 rings (SSSR count). The number of anilines is 3. The molecule has 1 amide bonds. The number of unbranched alkanes of at least 4 members (excludes halogenated alkanes) is 1. The van der Waals surface area contributed by atoms with Crippen LogP contribution in [0.3, 0.4) is 0 Å². The largest absolute Gasteiger partial charge is 0.492 e. The van der Waals surface area contributed by atoms with Crippen molar-refractivity contribution >= 4 is 34.9 Å². The fourth-order valence-electron chi connectivity index (χ4n) is 3.58. The summed E-state index contributed by atoms with van der Waals surface area (Å²) >= 11 is 1.46. The molecule has 0 atom stereocenters. The molecule has 0 spiro atoms. The lowest BCUT2D eigenvalue weighted by Gasteiger charge is -2.24. The van der Waals surface area contributed by atoms with Gasteiger partial charge in [-0.1, -0.05) is 64.8 Å². The molecule has 7 nitrogen and oxygen atoms in total. The molecule has 0 aliphatic heterocycles. The first-order valence-electron chi connectivity index (χ1n) is 14.0. The van der Waals surface area contributed by atoms with Crippen molar-refractivity contribution in [3.63, 3.8) is 0 Å². The smallest absolute Gasteiger partial charge is 0.411 e. The second-order valence-corrected chi connectivity index (χ2v) is 11.7. The average molecular weight is 648 g/mol. The molecule has 0 aromatic heterocycles. The Balaban J connectivity index is 0.00000189. The molecule has 0 aliphatic rings. The van der Waals surface area contributed by atoms with Gasteiger partial charge in [-0.3, -0.25) is 9.80 Å². The van der Waals surface area contributed by atoms with Crippen LogP contribution in [-0.2, 0) is 5.41 Å². The predicted octanol–water partition coefficient (Wildman–Crippen LogP) is 8.84. The van der Waals surface area contributed by atoms with Crippen molar-refractivity contribution in [3.8, 4) is 18.6 Å². The first-order valence-corrected chi connectivity index (χ1v) is 15.3. The summed E-state index contributed by atoms with van der Waals surface area (Å²) < 4.78 is 42.2. The van der Waals surface area contributed by atoms with Crippen LogP contribution in [0.4, 0.5) is 30.2 Å². The van der Waals surface area contributed by atoms with E-state index in [0.29, 0.717) is 28.4 Å². The lowest BCUT2D eigenvalue weighted by molar-refractivity contribution is -0.0909. The number of aryl methyl sites for hydroxylation is 1. The number of hydrogen-bond acceptors (Lipinski definition) is 7. The third-order valence-electron chi connectivity index (χ3n) is 6.33. The summed E-state index contributed by atoms with van der Waals surface area (Å²) in [6, 6.07) is 9.43. The molecule has 0 heterocycles. The van der Waals surface area contributed by atoms with E-state index in [1.54, 1.807) is 25.4 Å². The number of carbonyl (C=O) groups excluding carboxylic acids is 1. The maximum absolute atomic E-state index is 13.3. The van der Waals surface area contributed by atoms with Crippen LogP contribution in [0.5, 0.6) is 5.75 Å². The molecular formula is C34H48F3N5O2S. The van der Waals surface area contributed by atoms with Crippen molar-refractivity contribution in [2.75, 3.05) is 28.4 Å². The Bertz CT molecular complexity index is 1380. The number of allylic oxidation sites excluding steroid dienone is 3. The van der Waals surface area contributed by atoms with Crippen molar-refractivity contribution in [3.05, 3.63) is 82.7 Å². The van der Waals surface area contributed by atoms with Gasteiger partial charge in [-0.2, -0.15) is 13.2 Å². The van der Waals surface area contributed by atoms with Gasteiger partial charge in [0.2, 0.25) is 0 Å². The van der Waals surface area contributed by atoms with Gasteiger partial charge in [0.05, 0.1) is 29.9 Å². The molecule has 248 valence electrons. The summed E-state index contributed by atoms with van der Waals surface area (Å²) in [4.78, 5) is 13.3. The minimum absolute atomic E-state index is 0.117. The summed E-state index contributed by atoms with van der Waals surface area (Å²) in [6.45, 7) is 16.0. The van der Waals surface area contributed by atoms with E-state index in [1.165, 1.54) is 17.0 Å². The zero-order valence-corrected chi connectivity index (χ0v) is 28.6. The number of carbonyl (C=O) groups is 1. The highest BCUT2D eigenvalue weighted by Crippen LogP contribution is 2.39. The fraction of sp³-hybridized carbons (Fsp3) is 0.382. The van der Waals surface area contributed by atoms with Crippen molar-refractivity contribution in [2.45, 2.75) is 72.9 Å². The van der Waals surface area contributed by atoms with Crippen LogP contribution in [-0.4, -0.2) is 25.4 Å². The summed E-state index contributed by atoms with van der Waals surface area (Å²) in [6.07, 6.45) is 11.5. The van der Waals surface area contributed by atoms with Crippen molar-refractivity contribution in [1.29, 1.82) is 0 Å². The van der Waals surface area contributed by atoms with Crippen LogP contribution >= 0.6 is 11.9 Å². The van der Waals surface area contributed by atoms with Gasteiger partial charge in [-0.05, 0) is 73.6 Å². The number of benzene rings is 2. The monoisotopic (exact) mass is 647 g/mol. The van der Waals surface area contributed by atoms with Gasteiger partial charge in [0, 0.05) is 23.6 Å². The quantitative estimate of drug-likeness (QED) is 0.0510. The number of hydrogen-bond donors (Lipinski definition) is 4. The number of halogens is 3. The number of nitrogens with zero attached hydrogens (tertiary/aromatic N) is 1. The van der Waals surface area contributed by atoms with Gasteiger partial charge >= 0.3 is 6.18 Å². The van der Waals surface area contributed by atoms with E-state index < -0.39 is 11.7 Å². The van der Waals surface area contributed by atoms with E-state index in [9.17, 15) is 18.0 Å². The zero-order chi connectivity index (χ0) is 35.1. The molecular weight excluding hydrogens is 599 g/mol. The van der Waals surface area contributed by atoms with E-state index in [0.717, 1.165) is 42.2 Å². The van der Waals surface area contributed by atoms with Crippen molar-refractivity contribution in [1.82, 2.24) is 0 Å². The number of rotatable bonds is 10. The van der Waals surface area contributed by atoms with Gasteiger partial charge in [0.25, 0.3) is 5.91 Å². The maximum atomic E-state index is 13.3. The van der Waals surface area contributed by atoms with Crippen LogP contribution < -0.4 is 31.4 Å². The number of alkyl halides is 3. The number of ether oxygens (including phenoxy) is 1. The third-order valence-corrected chi connectivity index (χ3v) is 6.75. The number of terminal acetylenes is 1. The van der Waals surface area contributed by atoms with E-state index in [-0.39, 0.29) is 11.3 Å². The molecule has 0 saturated heterocycles. The number of nitrogens with two attached hydrogens (primary N) is 2. The highest BCUT2D eigenvalue weighted by molar-refractivity contribution is 7.99. The molecule has 6 N–H and O–H groups in total. The van der Waals surface area contributed by atoms with Crippen molar-refractivity contribution < 1.29 is 22.7 Å². The van der Waals surface area contributed by atoms with Crippen LogP contribution in [0.25, 0.3) is 0 Å². The molecule has 0 unspecified atom stereocenters. The molecule has 0 bridgehead atoms. The molecule has 0 radical (unpaired) electrons. The Morgan fingerprint density at radius 1 is 1.13 bits per heavy atom. The van der Waals surface area contributed by atoms with E-state index in [4.69, 9.17) is 16.3 Å².